The molecule has 0 aliphatic carbocycles. The molecule has 0 bridgehead atoms. The van der Waals surface area contributed by atoms with Crippen LogP contribution < -0.4 is 10.6 Å². The Morgan fingerprint density at radius 3 is 2.87 bits per heavy atom. The van der Waals surface area contributed by atoms with Gasteiger partial charge in [-0.3, -0.25) is 0 Å². The van der Waals surface area contributed by atoms with E-state index in [1.54, 1.807) is 0 Å². The molecular weight excluding hydrogens is 186 g/mol. The van der Waals surface area contributed by atoms with Crippen LogP contribution in [-0.4, -0.2) is 18.6 Å². The SMILES string of the molecule is CCC(C)CN(C)c1cc(CN)ccn1. The summed E-state index contributed by atoms with van der Waals surface area (Å²) in [6.45, 7) is 6.08. The summed E-state index contributed by atoms with van der Waals surface area (Å²) in [5.74, 6) is 1.71. The fourth-order valence-corrected chi connectivity index (χ4v) is 1.49. The summed E-state index contributed by atoms with van der Waals surface area (Å²) in [5, 5.41) is 0. The van der Waals surface area contributed by atoms with E-state index in [1.807, 2.05) is 12.3 Å². The molecule has 0 spiro atoms. The van der Waals surface area contributed by atoms with Crippen molar-refractivity contribution in [2.45, 2.75) is 26.8 Å². The average Bonchev–Trinajstić information content (AvgIpc) is 2.28. The maximum absolute atomic E-state index is 5.60. The number of hydrogen-bond acceptors (Lipinski definition) is 3. The summed E-state index contributed by atoms with van der Waals surface area (Å²) in [4.78, 5) is 6.53. The van der Waals surface area contributed by atoms with Crippen LogP contribution in [0.3, 0.4) is 0 Å². The Morgan fingerprint density at radius 1 is 1.53 bits per heavy atom. The van der Waals surface area contributed by atoms with E-state index in [4.69, 9.17) is 5.73 Å². The zero-order valence-corrected chi connectivity index (χ0v) is 9.90. The highest BCUT2D eigenvalue weighted by molar-refractivity contribution is 5.39. The monoisotopic (exact) mass is 207 g/mol. The van der Waals surface area contributed by atoms with Crippen LogP contribution in [0.5, 0.6) is 0 Å². The Hall–Kier alpha value is -1.09. The number of nitrogens with two attached hydrogens (primary N) is 1. The van der Waals surface area contributed by atoms with Crippen LogP contribution in [0.4, 0.5) is 5.82 Å². The first-order valence-corrected chi connectivity index (χ1v) is 5.53. The molecule has 84 valence electrons. The molecule has 0 saturated heterocycles. The number of hydrogen-bond donors (Lipinski definition) is 1. The minimum atomic E-state index is 0.576. The van der Waals surface area contributed by atoms with Crippen LogP contribution in [0.25, 0.3) is 0 Å². The van der Waals surface area contributed by atoms with E-state index in [0.29, 0.717) is 12.5 Å². The summed E-state index contributed by atoms with van der Waals surface area (Å²) in [6.07, 6.45) is 3.02. The van der Waals surface area contributed by atoms with Gasteiger partial charge >= 0.3 is 0 Å². The van der Waals surface area contributed by atoms with Crippen LogP contribution in [0.2, 0.25) is 0 Å². The summed E-state index contributed by atoms with van der Waals surface area (Å²) in [7, 11) is 2.08. The van der Waals surface area contributed by atoms with E-state index in [2.05, 4.69) is 36.8 Å². The van der Waals surface area contributed by atoms with Crippen molar-refractivity contribution in [3.63, 3.8) is 0 Å². The van der Waals surface area contributed by atoms with Crippen molar-refractivity contribution < 1.29 is 0 Å². The van der Waals surface area contributed by atoms with Gasteiger partial charge in [-0.1, -0.05) is 20.3 Å². The first-order chi connectivity index (χ1) is 7.17. The summed E-state index contributed by atoms with van der Waals surface area (Å²) < 4.78 is 0. The number of aromatic nitrogens is 1. The summed E-state index contributed by atoms with van der Waals surface area (Å²) in [6, 6.07) is 4.02. The van der Waals surface area contributed by atoms with E-state index in [1.165, 1.54) is 6.42 Å². The zero-order chi connectivity index (χ0) is 11.3. The largest absolute Gasteiger partial charge is 0.359 e. The molecule has 1 heterocycles. The molecule has 1 atom stereocenters. The van der Waals surface area contributed by atoms with Crippen LogP contribution in [-0.2, 0) is 6.54 Å². The van der Waals surface area contributed by atoms with Crippen molar-refractivity contribution in [3.05, 3.63) is 23.9 Å². The van der Waals surface area contributed by atoms with Gasteiger partial charge in [0.2, 0.25) is 0 Å². The minimum Gasteiger partial charge on any atom is -0.359 e. The lowest BCUT2D eigenvalue weighted by Gasteiger charge is -2.22. The van der Waals surface area contributed by atoms with Crippen molar-refractivity contribution in [1.29, 1.82) is 0 Å². The van der Waals surface area contributed by atoms with E-state index in [9.17, 15) is 0 Å². The first kappa shape index (κ1) is 12.0. The highest BCUT2D eigenvalue weighted by atomic mass is 15.2. The normalized spacial score (nSPS) is 12.5. The molecule has 15 heavy (non-hydrogen) atoms. The van der Waals surface area contributed by atoms with Gasteiger partial charge in [-0.05, 0) is 23.6 Å². The van der Waals surface area contributed by atoms with Crippen LogP contribution in [0.15, 0.2) is 18.3 Å². The molecule has 1 aromatic rings. The Balaban J connectivity index is 2.68. The van der Waals surface area contributed by atoms with Crippen molar-refractivity contribution in [1.82, 2.24) is 4.98 Å². The maximum atomic E-state index is 5.60. The predicted octanol–water partition coefficient (Wildman–Crippen LogP) is 2.02. The van der Waals surface area contributed by atoms with Crippen LogP contribution in [0.1, 0.15) is 25.8 Å². The van der Waals surface area contributed by atoms with Gasteiger partial charge in [-0.2, -0.15) is 0 Å². The second-order valence-corrected chi connectivity index (χ2v) is 4.12. The van der Waals surface area contributed by atoms with Gasteiger partial charge < -0.3 is 10.6 Å². The van der Waals surface area contributed by atoms with Crippen molar-refractivity contribution in [2.75, 3.05) is 18.5 Å². The standard InChI is InChI=1S/C12H21N3/c1-4-10(2)9-15(3)12-7-11(8-13)5-6-14-12/h5-7,10H,4,8-9,13H2,1-3H3. The molecule has 1 rings (SSSR count). The molecule has 0 saturated carbocycles. The van der Waals surface area contributed by atoms with Gasteiger partial charge in [0.05, 0.1) is 0 Å². The Kier molecular flexibility index (Phi) is 4.56. The van der Waals surface area contributed by atoms with Crippen LogP contribution >= 0.6 is 0 Å². The molecule has 0 aliphatic heterocycles. The summed E-state index contributed by atoms with van der Waals surface area (Å²) >= 11 is 0. The number of rotatable bonds is 5. The topological polar surface area (TPSA) is 42.1 Å². The van der Waals surface area contributed by atoms with Gasteiger partial charge in [0, 0.05) is 26.3 Å². The smallest absolute Gasteiger partial charge is 0.128 e. The van der Waals surface area contributed by atoms with Gasteiger partial charge in [0.1, 0.15) is 5.82 Å². The Morgan fingerprint density at radius 2 is 2.27 bits per heavy atom. The van der Waals surface area contributed by atoms with Gasteiger partial charge in [-0.25, -0.2) is 4.98 Å². The molecule has 0 aromatic carbocycles. The molecule has 3 heteroatoms. The molecule has 0 radical (unpaired) electrons. The molecular formula is C12H21N3. The predicted molar refractivity (Wildman–Crippen MR) is 64.9 cm³/mol. The Labute approximate surface area is 92.3 Å². The van der Waals surface area contributed by atoms with Crippen molar-refractivity contribution in [3.8, 4) is 0 Å². The molecule has 0 aliphatic rings. The fourth-order valence-electron chi connectivity index (χ4n) is 1.49. The maximum Gasteiger partial charge on any atom is 0.128 e. The highest BCUT2D eigenvalue weighted by Crippen LogP contribution is 2.13. The molecule has 1 unspecified atom stereocenters. The molecule has 2 N–H and O–H groups in total. The summed E-state index contributed by atoms with van der Waals surface area (Å²) in [5.41, 5.74) is 6.74. The third kappa shape index (κ3) is 3.51. The first-order valence-electron chi connectivity index (χ1n) is 5.53. The second-order valence-electron chi connectivity index (χ2n) is 4.12. The van der Waals surface area contributed by atoms with Gasteiger partial charge in [0.15, 0.2) is 0 Å². The third-order valence-electron chi connectivity index (χ3n) is 2.72. The van der Waals surface area contributed by atoms with Crippen molar-refractivity contribution >= 4 is 5.82 Å². The quantitative estimate of drug-likeness (QED) is 0.803. The molecule has 1 aromatic heterocycles. The number of pyridine rings is 1. The van der Waals surface area contributed by atoms with E-state index in [0.717, 1.165) is 17.9 Å². The van der Waals surface area contributed by atoms with Gasteiger partial charge in [0.25, 0.3) is 0 Å². The number of nitrogens with zero attached hydrogens (tertiary/aromatic N) is 2. The van der Waals surface area contributed by atoms with Crippen molar-refractivity contribution in [2.24, 2.45) is 11.7 Å². The molecule has 3 nitrogen and oxygen atoms in total. The highest BCUT2D eigenvalue weighted by Gasteiger charge is 2.06. The third-order valence-corrected chi connectivity index (χ3v) is 2.72. The van der Waals surface area contributed by atoms with E-state index < -0.39 is 0 Å². The van der Waals surface area contributed by atoms with E-state index in [-0.39, 0.29) is 0 Å². The average molecular weight is 207 g/mol. The van der Waals surface area contributed by atoms with E-state index >= 15 is 0 Å². The molecule has 0 fully saturated rings. The zero-order valence-electron chi connectivity index (χ0n) is 9.90. The van der Waals surface area contributed by atoms with Crippen LogP contribution in [0, 0.1) is 5.92 Å². The van der Waals surface area contributed by atoms with Gasteiger partial charge in [-0.15, -0.1) is 0 Å². The number of anilines is 1. The second kappa shape index (κ2) is 5.71. The fraction of sp³-hybridized carbons (Fsp3) is 0.583. The Bertz CT molecular complexity index is 299. The lowest BCUT2D eigenvalue weighted by molar-refractivity contribution is 0.557. The molecule has 0 amide bonds. The minimum absolute atomic E-state index is 0.576. The lowest BCUT2D eigenvalue weighted by atomic mass is 10.1. The lowest BCUT2D eigenvalue weighted by Crippen LogP contribution is -2.24.